The Kier molecular flexibility index (Phi) is 7.37. The molecule has 0 aromatic heterocycles. The van der Waals surface area contributed by atoms with Gasteiger partial charge in [-0.1, -0.05) is 20.8 Å². The van der Waals surface area contributed by atoms with E-state index in [-0.39, 0.29) is 0 Å². The van der Waals surface area contributed by atoms with E-state index in [4.69, 9.17) is 10.00 Å². The third-order valence-electron chi connectivity index (χ3n) is 2.27. The first-order valence-electron chi connectivity index (χ1n) is 5.78. The summed E-state index contributed by atoms with van der Waals surface area (Å²) in [6.07, 6.45) is 2.26. The number of ether oxygens (including phenoxy) is 1. The van der Waals surface area contributed by atoms with Crippen molar-refractivity contribution < 1.29 is 4.74 Å². The van der Waals surface area contributed by atoms with Gasteiger partial charge in [-0.3, -0.25) is 5.32 Å². The van der Waals surface area contributed by atoms with E-state index in [2.05, 4.69) is 25.2 Å². The molecule has 0 heterocycles. The number of nitrogens with zero attached hydrogens (tertiary/aromatic N) is 1. The second kappa shape index (κ2) is 7.67. The predicted molar refractivity (Wildman–Crippen MR) is 62.6 cm³/mol. The van der Waals surface area contributed by atoms with Gasteiger partial charge in [0.1, 0.15) is 5.54 Å². The van der Waals surface area contributed by atoms with Gasteiger partial charge in [-0.2, -0.15) is 5.26 Å². The van der Waals surface area contributed by atoms with Crippen molar-refractivity contribution in [2.24, 2.45) is 5.92 Å². The zero-order valence-electron chi connectivity index (χ0n) is 10.5. The van der Waals surface area contributed by atoms with Crippen LogP contribution in [0.25, 0.3) is 0 Å². The maximum atomic E-state index is 8.97. The fraction of sp³-hybridized carbons (Fsp3) is 0.917. The molecule has 0 saturated carbocycles. The lowest BCUT2D eigenvalue weighted by Crippen LogP contribution is -2.45. The molecule has 3 heteroatoms. The van der Waals surface area contributed by atoms with Gasteiger partial charge < -0.3 is 4.74 Å². The van der Waals surface area contributed by atoms with E-state index in [0.717, 1.165) is 25.5 Å². The molecular weight excluding hydrogens is 188 g/mol. The first-order chi connectivity index (χ1) is 7.04. The van der Waals surface area contributed by atoms with Crippen molar-refractivity contribution in [3.63, 3.8) is 0 Å². The summed E-state index contributed by atoms with van der Waals surface area (Å²) in [5.74, 6) is 0.727. The molecule has 0 fully saturated rings. The van der Waals surface area contributed by atoms with Crippen LogP contribution in [0, 0.1) is 17.2 Å². The fourth-order valence-electron chi connectivity index (χ4n) is 1.38. The van der Waals surface area contributed by atoms with E-state index >= 15 is 0 Å². The Labute approximate surface area is 93.8 Å². The molecule has 0 aliphatic rings. The van der Waals surface area contributed by atoms with Gasteiger partial charge in [0.25, 0.3) is 0 Å². The van der Waals surface area contributed by atoms with Gasteiger partial charge in [0, 0.05) is 6.61 Å². The molecule has 0 rings (SSSR count). The maximum Gasteiger partial charge on any atom is 0.127 e. The molecule has 0 saturated heterocycles. The van der Waals surface area contributed by atoms with Crippen molar-refractivity contribution in [2.75, 3.05) is 19.8 Å². The number of rotatable bonds is 8. The average molecular weight is 212 g/mol. The van der Waals surface area contributed by atoms with Gasteiger partial charge in [0.2, 0.25) is 0 Å². The SMILES string of the molecule is CCNC(C)(C#N)COCCCC(C)C. The maximum absolute atomic E-state index is 8.97. The standard InChI is InChI=1S/C12H24N2O/c1-5-14-12(4,9-13)10-15-8-6-7-11(2)3/h11,14H,5-8,10H2,1-4H3. The van der Waals surface area contributed by atoms with Crippen LogP contribution < -0.4 is 5.32 Å². The molecule has 0 amide bonds. The summed E-state index contributed by atoms with van der Waals surface area (Å²) in [6, 6.07) is 2.24. The number of likely N-dealkylation sites (N-methyl/N-ethyl adjacent to an activating group) is 1. The highest BCUT2D eigenvalue weighted by Gasteiger charge is 2.22. The zero-order valence-corrected chi connectivity index (χ0v) is 10.5. The van der Waals surface area contributed by atoms with E-state index in [1.54, 1.807) is 0 Å². The summed E-state index contributed by atoms with van der Waals surface area (Å²) in [4.78, 5) is 0. The monoisotopic (exact) mass is 212 g/mol. The van der Waals surface area contributed by atoms with Crippen LogP contribution in [0.3, 0.4) is 0 Å². The van der Waals surface area contributed by atoms with Crippen LogP contribution in [0.2, 0.25) is 0 Å². The normalized spacial score (nSPS) is 14.9. The first-order valence-corrected chi connectivity index (χ1v) is 5.78. The van der Waals surface area contributed by atoms with Crippen molar-refractivity contribution in [2.45, 2.75) is 46.1 Å². The molecule has 0 spiro atoms. The lowest BCUT2D eigenvalue weighted by Gasteiger charge is -2.22. The van der Waals surface area contributed by atoms with Gasteiger partial charge in [-0.05, 0) is 32.2 Å². The second-order valence-electron chi connectivity index (χ2n) is 4.56. The predicted octanol–water partition coefficient (Wildman–Crippen LogP) is 2.33. The Morgan fingerprint density at radius 3 is 2.60 bits per heavy atom. The van der Waals surface area contributed by atoms with E-state index in [0.29, 0.717) is 6.61 Å². The summed E-state index contributed by atoms with van der Waals surface area (Å²) in [5, 5.41) is 12.1. The molecule has 1 atom stereocenters. The summed E-state index contributed by atoms with van der Waals surface area (Å²) < 4.78 is 5.51. The highest BCUT2D eigenvalue weighted by atomic mass is 16.5. The molecule has 1 unspecified atom stereocenters. The molecule has 88 valence electrons. The highest BCUT2D eigenvalue weighted by molar-refractivity contribution is 5.03. The van der Waals surface area contributed by atoms with Crippen LogP contribution in [0.15, 0.2) is 0 Å². The summed E-state index contributed by atoms with van der Waals surface area (Å²) >= 11 is 0. The number of hydrogen-bond donors (Lipinski definition) is 1. The number of nitriles is 1. The van der Waals surface area contributed by atoms with Crippen molar-refractivity contribution in [1.82, 2.24) is 5.32 Å². The summed E-state index contributed by atoms with van der Waals surface area (Å²) in [6.45, 7) is 10.3. The lowest BCUT2D eigenvalue weighted by atomic mass is 10.1. The Balaban J connectivity index is 3.60. The quantitative estimate of drug-likeness (QED) is 0.628. The average Bonchev–Trinajstić information content (AvgIpc) is 2.17. The minimum atomic E-state index is -0.535. The molecule has 3 nitrogen and oxygen atoms in total. The summed E-state index contributed by atoms with van der Waals surface area (Å²) in [5.41, 5.74) is -0.535. The molecule has 0 aliphatic carbocycles. The highest BCUT2D eigenvalue weighted by Crippen LogP contribution is 2.06. The summed E-state index contributed by atoms with van der Waals surface area (Å²) in [7, 11) is 0. The van der Waals surface area contributed by atoms with Gasteiger partial charge in [0.15, 0.2) is 0 Å². The van der Waals surface area contributed by atoms with E-state index in [1.165, 1.54) is 6.42 Å². The Hall–Kier alpha value is -0.590. The van der Waals surface area contributed by atoms with Gasteiger partial charge in [0.05, 0.1) is 12.7 Å². The van der Waals surface area contributed by atoms with E-state index < -0.39 is 5.54 Å². The van der Waals surface area contributed by atoms with Gasteiger partial charge in [-0.25, -0.2) is 0 Å². The van der Waals surface area contributed by atoms with Crippen LogP contribution in [0.4, 0.5) is 0 Å². The molecule has 1 N–H and O–H groups in total. The fourth-order valence-corrected chi connectivity index (χ4v) is 1.38. The molecule has 15 heavy (non-hydrogen) atoms. The Bertz CT molecular complexity index is 198. The van der Waals surface area contributed by atoms with Gasteiger partial charge in [-0.15, -0.1) is 0 Å². The zero-order chi connectivity index (χ0) is 11.7. The lowest BCUT2D eigenvalue weighted by molar-refractivity contribution is 0.0915. The van der Waals surface area contributed by atoms with Crippen LogP contribution >= 0.6 is 0 Å². The second-order valence-corrected chi connectivity index (χ2v) is 4.56. The molecule has 0 aliphatic heterocycles. The number of hydrogen-bond acceptors (Lipinski definition) is 3. The number of nitrogens with one attached hydrogen (secondary N) is 1. The third kappa shape index (κ3) is 7.35. The molecular formula is C12H24N2O. The largest absolute Gasteiger partial charge is 0.378 e. The molecule has 0 aromatic carbocycles. The Morgan fingerprint density at radius 2 is 2.13 bits per heavy atom. The smallest absolute Gasteiger partial charge is 0.127 e. The van der Waals surface area contributed by atoms with Crippen molar-refractivity contribution in [3.8, 4) is 6.07 Å². The van der Waals surface area contributed by atoms with E-state index in [9.17, 15) is 0 Å². The van der Waals surface area contributed by atoms with Crippen LogP contribution in [0.5, 0.6) is 0 Å². The topological polar surface area (TPSA) is 45.0 Å². The minimum Gasteiger partial charge on any atom is -0.378 e. The molecule has 0 radical (unpaired) electrons. The first kappa shape index (κ1) is 14.4. The Morgan fingerprint density at radius 1 is 1.47 bits per heavy atom. The van der Waals surface area contributed by atoms with Crippen LogP contribution in [-0.2, 0) is 4.74 Å². The van der Waals surface area contributed by atoms with Gasteiger partial charge >= 0.3 is 0 Å². The third-order valence-corrected chi connectivity index (χ3v) is 2.27. The van der Waals surface area contributed by atoms with Crippen LogP contribution in [-0.4, -0.2) is 25.3 Å². The van der Waals surface area contributed by atoms with Crippen molar-refractivity contribution in [3.05, 3.63) is 0 Å². The minimum absolute atomic E-state index is 0.468. The van der Waals surface area contributed by atoms with Crippen molar-refractivity contribution in [1.29, 1.82) is 5.26 Å². The molecule has 0 aromatic rings. The van der Waals surface area contributed by atoms with Crippen LogP contribution in [0.1, 0.15) is 40.5 Å². The van der Waals surface area contributed by atoms with Crippen molar-refractivity contribution >= 4 is 0 Å². The van der Waals surface area contributed by atoms with E-state index in [1.807, 2.05) is 13.8 Å². The molecule has 0 bridgehead atoms.